The van der Waals surface area contributed by atoms with E-state index >= 15 is 0 Å². The molecule has 0 bridgehead atoms. The minimum Gasteiger partial charge on any atom is -0.466 e. The topological polar surface area (TPSA) is 95.9 Å². The Balaban J connectivity index is 3.45. The SMILES string of the molecule is CCCCCCCCC/C=C\CCCCCCCCCC(=O)OCCCCCCCCCC/C=C\CCCCCCCCCC(=O)NC(CO)C(O)/C=C/CCCCCCCCCCCCCC. The van der Waals surface area contributed by atoms with Crippen LogP contribution in [0.4, 0.5) is 0 Å². The van der Waals surface area contributed by atoms with Crippen LogP contribution < -0.4 is 5.32 Å². The van der Waals surface area contributed by atoms with Crippen LogP contribution in [0.5, 0.6) is 0 Å². The molecule has 0 saturated carbocycles. The standard InChI is InChI=1S/C62H117NO5/c1-3-5-7-9-11-13-15-17-19-20-25-28-32-36-40-44-48-52-56-62(67)68-57-53-49-45-41-37-33-29-26-23-21-22-24-27-31-35-39-43-47-51-55-61(66)63-59(58-64)60(65)54-50-46-42-38-34-30-18-16-14-12-10-8-6-4-2/h19-22,50,54,59-60,64-65H,3-18,23-49,51-53,55-58H2,1-2H3,(H,63,66)/b20-19-,22-21-,54-50+. The van der Waals surface area contributed by atoms with Crippen molar-refractivity contribution in [3.8, 4) is 0 Å². The zero-order valence-electron chi connectivity index (χ0n) is 45.6. The Morgan fingerprint density at radius 3 is 1.04 bits per heavy atom. The summed E-state index contributed by atoms with van der Waals surface area (Å²) in [6.07, 6.45) is 71.7. The molecule has 6 nitrogen and oxygen atoms in total. The van der Waals surface area contributed by atoms with Crippen LogP contribution in [0, 0.1) is 0 Å². The fraction of sp³-hybridized carbons (Fsp3) is 0.871. The lowest BCUT2D eigenvalue weighted by Crippen LogP contribution is -2.45. The quantitative estimate of drug-likeness (QED) is 0.0321. The number of hydrogen-bond acceptors (Lipinski definition) is 5. The molecule has 0 aliphatic rings. The second kappa shape index (κ2) is 57.7. The number of unbranched alkanes of at least 4 members (excludes halogenated alkanes) is 41. The number of rotatable bonds is 56. The van der Waals surface area contributed by atoms with Crippen LogP contribution in [0.3, 0.4) is 0 Å². The third kappa shape index (κ3) is 53.4. The maximum absolute atomic E-state index is 12.4. The van der Waals surface area contributed by atoms with Gasteiger partial charge in [0, 0.05) is 12.8 Å². The minimum atomic E-state index is -0.850. The molecule has 3 N–H and O–H groups in total. The van der Waals surface area contributed by atoms with Gasteiger partial charge >= 0.3 is 5.97 Å². The van der Waals surface area contributed by atoms with Gasteiger partial charge in [-0.2, -0.15) is 0 Å². The average molecular weight is 957 g/mol. The number of hydrogen-bond donors (Lipinski definition) is 3. The average Bonchev–Trinajstić information content (AvgIpc) is 3.34. The first kappa shape index (κ1) is 66.1. The number of aliphatic hydroxyl groups excluding tert-OH is 2. The number of allylic oxidation sites excluding steroid dienone is 5. The molecule has 2 atom stereocenters. The molecular weight excluding hydrogens is 839 g/mol. The molecule has 0 fully saturated rings. The minimum absolute atomic E-state index is 0.000206. The molecule has 0 aliphatic carbocycles. The zero-order valence-corrected chi connectivity index (χ0v) is 45.6. The Bertz CT molecular complexity index is 1100. The Hall–Kier alpha value is -1.92. The van der Waals surface area contributed by atoms with E-state index in [-0.39, 0.29) is 18.5 Å². The summed E-state index contributed by atoms with van der Waals surface area (Å²) >= 11 is 0. The van der Waals surface area contributed by atoms with Gasteiger partial charge in [0.25, 0.3) is 0 Å². The second-order valence-corrected chi connectivity index (χ2v) is 20.7. The first-order valence-corrected chi connectivity index (χ1v) is 30.3. The van der Waals surface area contributed by atoms with Gasteiger partial charge in [-0.25, -0.2) is 0 Å². The largest absolute Gasteiger partial charge is 0.466 e. The van der Waals surface area contributed by atoms with Crippen molar-refractivity contribution in [3.05, 3.63) is 36.5 Å². The molecule has 0 spiro atoms. The molecule has 6 heteroatoms. The van der Waals surface area contributed by atoms with Crippen LogP contribution in [-0.2, 0) is 14.3 Å². The van der Waals surface area contributed by atoms with Gasteiger partial charge in [-0.05, 0) is 83.5 Å². The van der Waals surface area contributed by atoms with Crippen LogP contribution in [0.15, 0.2) is 36.5 Å². The van der Waals surface area contributed by atoms with E-state index in [4.69, 9.17) is 4.74 Å². The van der Waals surface area contributed by atoms with E-state index in [1.807, 2.05) is 6.08 Å². The van der Waals surface area contributed by atoms with Crippen LogP contribution >= 0.6 is 0 Å². The molecule has 400 valence electrons. The summed E-state index contributed by atoms with van der Waals surface area (Å²) in [6, 6.07) is -0.635. The van der Waals surface area contributed by atoms with E-state index in [1.54, 1.807) is 6.08 Å². The number of amides is 1. The molecule has 68 heavy (non-hydrogen) atoms. The van der Waals surface area contributed by atoms with Crippen LogP contribution in [0.25, 0.3) is 0 Å². The van der Waals surface area contributed by atoms with Crippen molar-refractivity contribution in [1.29, 1.82) is 0 Å². The van der Waals surface area contributed by atoms with Crippen molar-refractivity contribution in [2.24, 2.45) is 0 Å². The highest BCUT2D eigenvalue weighted by molar-refractivity contribution is 5.76. The highest BCUT2D eigenvalue weighted by atomic mass is 16.5. The highest BCUT2D eigenvalue weighted by Crippen LogP contribution is 2.16. The molecule has 0 saturated heterocycles. The van der Waals surface area contributed by atoms with Gasteiger partial charge in [0.15, 0.2) is 0 Å². The van der Waals surface area contributed by atoms with Gasteiger partial charge in [-0.1, -0.05) is 262 Å². The van der Waals surface area contributed by atoms with Crippen molar-refractivity contribution in [1.82, 2.24) is 5.32 Å². The third-order valence-electron chi connectivity index (χ3n) is 13.9. The van der Waals surface area contributed by atoms with Crippen LogP contribution in [0.1, 0.15) is 322 Å². The Labute approximate surface area is 424 Å². The lowest BCUT2D eigenvalue weighted by Gasteiger charge is -2.20. The first-order valence-electron chi connectivity index (χ1n) is 30.3. The molecule has 0 rings (SSSR count). The van der Waals surface area contributed by atoms with E-state index < -0.39 is 12.1 Å². The summed E-state index contributed by atoms with van der Waals surface area (Å²) in [5.41, 5.74) is 0. The number of nitrogens with one attached hydrogen (secondary N) is 1. The van der Waals surface area contributed by atoms with Gasteiger partial charge in [0.2, 0.25) is 5.91 Å². The van der Waals surface area contributed by atoms with Crippen molar-refractivity contribution in [2.45, 2.75) is 334 Å². The molecule has 0 aromatic carbocycles. The zero-order chi connectivity index (χ0) is 49.3. The fourth-order valence-corrected chi connectivity index (χ4v) is 9.21. The second-order valence-electron chi connectivity index (χ2n) is 20.7. The van der Waals surface area contributed by atoms with E-state index in [0.717, 1.165) is 51.4 Å². The molecule has 0 aliphatic heterocycles. The Morgan fingerprint density at radius 1 is 0.397 bits per heavy atom. The molecule has 0 radical (unpaired) electrons. The van der Waals surface area contributed by atoms with Gasteiger partial charge < -0.3 is 20.3 Å². The maximum atomic E-state index is 12.4. The third-order valence-corrected chi connectivity index (χ3v) is 13.9. The number of carbonyl (C=O) groups excluding carboxylic acids is 2. The van der Waals surface area contributed by atoms with Gasteiger partial charge in [-0.3, -0.25) is 9.59 Å². The number of esters is 1. The molecule has 1 amide bonds. The lowest BCUT2D eigenvalue weighted by molar-refractivity contribution is -0.143. The summed E-state index contributed by atoms with van der Waals surface area (Å²) in [4.78, 5) is 24.5. The fourth-order valence-electron chi connectivity index (χ4n) is 9.21. The smallest absolute Gasteiger partial charge is 0.305 e. The van der Waals surface area contributed by atoms with Gasteiger partial charge in [0.05, 0.1) is 25.4 Å². The van der Waals surface area contributed by atoms with Crippen LogP contribution in [0.2, 0.25) is 0 Å². The van der Waals surface area contributed by atoms with Crippen molar-refractivity contribution in [2.75, 3.05) is 13.2 Å². The van der Waals surface area contributed by atoms with Crippen molar-refractivity contribution < 1.29 is 24.5 Å². The van der Waals surface area contributed by atoms with E-state index in [2.05, 4.69) is 43.5 Å². The van der Waals surface area contributed by atoms with Crippen LogP contribution in [-0.4, -0.2) is 47.4 Å². The summed E-state index contributed by atoms with van der Waals surface area (Å²) in [5, 5.41) is 23.1. The van der Waals surface area contributed by atoms with E-state index in [0.29, 0.717) is 19.4 Å². The maximum Gasteiger partial charge on any atom is 0.305 e. The summed E-state index contributed by atoms with van der Waals surface area (Å²) in [6.45, 7) is 4.89. The summed E-state index contributed by atoms with van der Waals surface area (Å²) in [5.74, 6) is -0.0771. The van der Waals surface area contributed by atoms with Gasteiger partial charge in [0.1, 0.15) is 0 Å². The first-order chi connectivity index (χ1) is 33.5. The Morgan fingerprint density at radius 2 is 0.691 bits per heavy atom. The Kier molecular flexibility index (Phi) is 56.0. The molecule has 0 aromatic heterocycles. The summed E-state index contributed by atoms with van der Waals surface area (Å²) < 4.78 is 5.49. The highest BCUT2D eigenvalue weighted by Gasteiger charge is 2.18. The van der Waals surface area contributed by atoms with Gasteiger partial charge in [-0.15, -0.1) is 0 Å². The molecule has 0 aromatic rings. The monoisotopic (exact) mass is 956 g/mol. The van der Waals surface area contributed by atoms with Crippen molar-refractivity contribution in [3.63, 3.8) is 0 Å². The van der Waals surface area contributed by atoms with E-state index in [1.165, 1.54) is 244 Å². The number of carbonyl (C=O) groups is 2. The lowest BCUT2D eigenvalue weighted by atomic mass is 10.0. The summed E-state index contributed by atoms with van der Waals surface area (Å²) in [7, 11) is 0. The molecule has 2 unspecified atom stereocenters. The van der Waals surface area contributed by atoms with E-state index in [9.17, 15) is 19.8 Å². The van der Waals surface area contributed by atoms with Crippen molar-refractivity contribution >= 4 is 11.9 Å². The number of aliphatic hydroxyl groups is 2. The normalized spacial score (nSPS) is 12.8. The predicted molar refractivity (Wildman–Crippen MR) is 296 cm³/mol. The predicted octanol–water partition coefficient (Wildman–Crippen LogP) is 18.8. The number of ether oxygens (including phenoxy) is 1. The molecular formula is C62H117NO5. The molecule has 0 heterocycles.